The van der Waals surface area contributed by atoms with Gasteiger partial charge in [0.15, 0.2) is 0 Å². The molecule has 1 aliphatic heterocycles. The summed E-state index contributed by atoms with van der Waals surface area (Å²) in [6.45, 7) is 3.33. The third-order valence-corrected chi connectivity index (χ3v) is 3.22. The Bertz CT molecular complexity index is 459. The van der Waals surface area contributed by atoms with Crippen LogP contribution < -0.4 is 5.43 Å². The molecule has 1 amide bonds. The number of carbonyl (C=O) groups is 1. The lowest BCUT2D eigenvalue weighted by Gasteiger charge is -2.25. The van der Waals surface area contributed by atoms with Gasteiger partial charge in [-0.15, -0.1) is 0 Å². The second kappa shape index (κ2) is 7.37. The van der Waals surface area contributed by atoms with Gasteiger partial charge in [-0.05, 0) is 17.7 Å². The second-order valence-corrected chi connectivity index (χ2v) is 5.15. The molecule has 1 aromatic rings. The van der Waals surface area contributed by atoms with Crippen molar-refractivity contribution in [1.82, 2.24) is 10.3 Å². The Morgan fingerprint density at radius 2 is 2.26 bits per heavy atom. The number of nitrogens with one attached hydrogen (secondary N) is 1. The van der Waals surface area contributed by atoms with E-state index in [0.717, 1.165) is 23.1 Å². The molecule has 1 aromatic carbocycles. The molecular weight excluding hydrogens is 310 g/mol. The van der Waals surface area contributed by atoms with Gasteiger partial charge in [-0.3, -0.25) is 9.69 Å². The highest BCUT2D eigenvalue weighted by Gasteiger charge is 2.13. The lowest BCUT2D eigenvalue weighted by Crippen LogP contribution is -2.42. The number of hydrogen-bond donors (Lipinski definition) is 1. The molecule has 19 heavy (non-hydrogen) atoms. The Hall–Kier alpha value is -1.24. The fourth-order valence-electron chi connectivity index (χ4n) is 1.76. The van der Waals surface area contributed by atoms with Crippen LogP contribution in [0.15, 0.2) is 33.8 Å². The molecule has 2 rings (SSSR count). The highest BCUT2D eigenvalue weighted by molar-refractivity contribution is 9.10. The zero-order chi connectivity index (χ0) is 13.5. The van der Waals surface area contributed by atoms with E-state index in [-0.39, 0.29) is 5.91 Å². The molecule has 0 spiro atoms. The molecule has 5 nitrogen and oxygen atoms in total. The maximum absolute atomic E-state index is 11.7. The van der Waals surface area contributed by atoms with E-state index in [9.17, 15) is 4.79 Å². The zero-order valence-electron chi connectivity index (χ0n) is 10.5. The van der Waals surface area contributed by atoms with Crippen molar-refractivity contribution in [3.05, 3.63) is 34.3 Å². The number of hydrogen-bond acceptors (Lipinski definition) is 4. The first-order valence-electron chi connectivity index (χ1n) is 6.11. The maximum Gasteiger partial charge on any atom is 0.254 e. The van der Waals surface area contributed by atoms with E-state index in [1.165, 1.54) is 0 Å². The average molecular weight is 326 g/mol. The van der Waals surface area contributed by atoms with Crippen LogP contribution in [0.25, 0.3) is 0 Å². The van der Waals surface area contributed by atoms with Gasteiger partial charge in [0.25, 0.3) is 5.91 Å². The summed E-state index contributed by atoms with van der Waals surface area (Å²) >= 11 is 3.38. The van der Waals surface area contributed by atoms with Crippen molar-refractivity contribution in [1.29, 1.82) is 0 Å². The van der Waals surface area contributed by atoms with Gasteiger partial charge >= 0.3 is 0 Å². The first-order valence-corrected chi connectivity index (χ1v) is 6.91. The van der Waals surface area contributed by atoms with Gasteiger partial charge in [-0.1, -0.05) is 28.1 Å². The number of nitrogens with zero attached hydrogens (tertiary/aromatic N) is 2. The average Bonchev–Trinajstić information content (AvgIpc) is 2.40. The van der Waals surface area contributed by atoms with E-state index >= 15 is 0 Å². The molecule has 0 unspecified atom stereocenters. The third-order valence-electron chi connectivity index (χ3n) is 2.72. The number of benzene rings is 1. The van der Waals surface area contributed by atoms with Crippen LogP contribution in [0, 0.1) is 0 Å². The Kier molecular flexibility index (Phi) is 5.50. The minimum absolute atomic E-state index is 0.104. The molecule has 0 atom stereocenters. The lowest BCUT2D eigenvalue weighted by atomic mass is 10.2. The number of ether oxygens (including phenoxy) is 1. The van der Waals surface area contributed by atoms with Gasteiger partial charge < -0.3 is 4.74 Å². The monoisotopic (exact) mass is 325 g/mol. The number of amides is 1. The molecule has 1 N–H and O–H groups in total. The molecule has 0 radical (unpaired) electrons. The summed E-state index contributed by atoms with van der Waals surface area (Å²) in [4.78, 5) is 13.7. The number of morpholine rings is 1. The van der Waals surface area contributed by atoms with Crippen molar-refractivity contribution in [2.24, 2.45) is 5.10 Å². The first-order chi connectivity index (χ1) is 9.24. The quantitative estimate of drug-likeness (QED) is 0.669. The molecule has 0 saturated carbocycles. The van der Waals surface area contributed by atoms with Crippen molar-refractivity contribution < 1.29 is 9.53 Å². The van der Waals surface area contributed by atoms with E-state index in [4.69, 9.17) is 4.74 Å². The molecule has 0 aliphatic carbocycles. The van der Waals surface area contributed by atoms with E-state index in [1.807, 2.05) is 29.2 Å². The predicted molar refractivity (Wildman–Crippen MR) is 77.1 cm³/mol. The smallest absolute Gasteiger partial charge is 0.254 e. The van der Waals surface area contributed by atoms with Crippen LogP contribution in [-0.4, -0.2) is 49.9 Å². The van der Waals surface area contributed by atoms with E-state index < -0.39 is 0 Å². The summed E-state index contributed by atoms with van der Waals surface area (Å²) in [6, 6.07) is 7.70. The van der Waals surface area contributed by atoms with Gasteiger partial charge in [-0.2, -0.15) is 5.10 Å². The SMILES string of the molecule is O=C(CN1CCOCC1)N/N=C/c1cccc(Br)c1. The largest absolute Gasteiger partial charge is 0.379 e. The summed E-state index contributed by atoms with van der Waals surface area (Å²) < 4.78 is 6.21. The van der Waals surface area contributed by atoms with Crippen LogP contribution in [0.2, 0.25) is 0 Å². The fraction of sp³-hybridized carbons (Fsp3) is 0.385. The van der Waals surface area contributed by atoms with E-state index in [1.54, 1.807) is 6.21 Å². The molecule has 0 aromatic heterocycles. The maximum atomic E-state index is 11.7. The lowest BCUT2D eigenvalue weighted by molar-refractivity contribution is -0.123. The van der Waals surface area contributed by atoms with Crippen LogP contribution in [0.3, 0.4) is 0 Å². The molecule has 6 heteroatoms. The highest BCUT2D eigenvalue weighted by atomic mass is 79.9. The number of hydrazone groups is 1. The van der Waals surface area contributed by atoms with Crippen molar-refractivity contribution in [3.8, 4) is 0 Å². The standard InChI is InChI=1S/C13H16BrN3O2/c14-12-3-1-2-11(8-12)9-15-16-13(18)10-17-4-6-19-7-5-17/h1-3,8-9H,4-7,10H2,(H,16,18)/b15-9+. The summed E-state index contributed by atoms with van der Waals surface area (Å²) in [5, 5.41) is 3.94. The number of halogens is 1. The van der Waals surface area contributed by atoms with Crippen LogP contribution >= 0.6 is 15.9 Å². The number of rotatable bonds is 4. The second-order valence-electron chi connectivity index (χ2n) is 4.24. The van der Waals surface area contributed by atoms with Gasteiger partial charge in [0.05, 0.1) is 26.0 Å². The normalized spacial score (nSPS) is 16.7. The van der Waals surface area contributed by atoms with Crippen LogP contribution in [-0.2, 0) is 9.53 Å². The predicted octanol–water partition coefficient (Wildman–Crippen LogP) is 1.23. The third kappa shape index (κ3) is 5.10. The molecule has 1 fully saturated rings. The Morgan fingerprint density at radius 3 is 3.00 bits per heavy atom. The molecule has 1 saturated heterocycles. The fourth-order valence-corrected chi connectivity index (χ4v) is 2.18. The molecule has 102 valence electrons. The van der Waals surface area contributed by atoms with Gasteiger partial charge in [-0.25, -0.2) is 5.43 Å². The van der Waals surface area contributed by atoms with Crippen LogP contribution in [0.4, 0.5) is 0 Å². The van der Waals surface area contributed by atoms with Crippen molar-refractivity contribution >= 4 is 28.1 Å². The van der Waals surface area contributed by atoms with E-state index in [2.05, 4.69) is 26.5 Å². The Labute approximate surface area is 120 Å². The topological polar surface area (TPSA) is 53.9 Å². The summed E-state index contributed by atoms with van der Waals surface area (Å²) in [7, 11) is 0. The van der Waals surface area contributed by atoms with Crippen molar-refractivity contribution in [2.45, 2.75) is 0 Å². The minimum Gasteiger partial charge on any atom is -0.379 e. The molecule has 1 heterocycles. The molecular formula is C13H16BrN3O2. The Balaban J connectivity index is 1.76. The summed E-state index contributed by atoms with van der Waals surface area (Å²) in [6.07, 6.45) is 1.63. The van der Waals surface area contributed by atoms with E-state index in [0.29, 0.717) is 19.8 Å². The van der Waals surface area contributed by atoms with Crippen molar-refractivity contribution in [2.75, 3.05) is 32.8 Å². The minimum atomic E-state index is -0.104. The van der Waals surface area contributed by atoms with Crippen LogP contribution in [0.1, 0.15) is 5.56 Å². The Morgan fingerprint density at radius 1 is 1.47 bits per heavy atom. The number of carbonyl (C=O) groups excluding carboxylic acids is 1. The van der Waals surface area contributed by atoms with Gasteiger partial charge in [0.2, 0.25) is 0 Å². The summed E-state index contributed by atoms with van der Waals surface area (Å²) in [5.41, 5.74) is 3.46. The summed E-state index contributed by atoms with van der Waals surface area (Å²) in [5.74, 6) is -0.104. The highest BCUT2D eigenvalue weighted by Crippen LogP contribution is 2.09. The zero-order valence-corrected chi connectivity index (χ0v) is 12.1. The van der Waals surface area contributed by atoms with Gasteiger partial charge in [0.1, 0.15) is 0 Å². The van der Waals surface area contributed by atoms with Crippen LogP contribution in [0.5, 0.6) is 0 Å². The van der Waals surface area contributed by atoms with Gasteiger partial charge in [0, 0.05) is 17.6 Å². The molecule has 1 aliphatic rings. The molecule has 0 bridgehead atoms. The first kappa shape index (κ1) is 14.2. The van der Waals surface area contributed by atoms with Crippen molar-refractivity contribution in [3.63, 3.8) is 0 Å².